The minimum Gasteiger partial charge on any atom is -0.508 e. The van der Waals surface area contributed by atoms with Crippen LogP contribution in [0.3, 0.4) is 0 Å². The molecule has 2 aromatic carbocycles. The Hall–Kier alpha value is -2.36. The molecule has 2 aromatic rings. The monoisotopic (exact) mass is 326 g/mol. The summed E-state index contributed by atoms with van der Waals surface area (Å²) in [7, 11) is 0. The molecule has 0 fully saturated rings. The van der Waals surface area contributed by atoms with Gasteiger partial charge in [-0.15, -0.1) is 0 Å². The second-order valence-electron chi connectivity index (χ2n) is 6.91. The second-order valence-corrected chi connectivity index (χ2v) is 6.91. The molecule has 0 amide bonds. The van der Waals surface area contributed by atoms with Crippen LogP contribution in [0.4, 0.5) is 0 Å². The highest BCUT2D eigenvalue weighted by Gasteiger charge is 2.31. The number of hydrogen-bond acceptors (Lipinski definition) is 4. The molecule has 0 saturated heterocycles. The number of fused-ring (bicyclic) bond motifs is 2. The van der Waals surface area contributed by atoms with Crippen molar-refractivity contribution in [3.8, 4) is 23.0 Å². The summed E-state index contributed by atoms with van der Waals surface area (Å²) in [6, 6.07) is 9.05. The lowest BCUT2D eigenvalue weighted by Crippen LogP contribution is -2.29. The standard InChI is InChI=1S/C20H22O4/c1-11-3-4-13-8-17(18(22)10-20(13)23-11)16-7-14-5-6-15(21)9-19(14)24-12(16)2/h5-6,8-12,16,21-22H,3-4,7H2,1-2H3. The van der Waals surface area contributed by atoms with Crippen LogP contribution >= 0.6 is 0 Å². The van der Waals surface area contributed by atoms with E-state index in [1.807, 2.05) is 13.0 Å². The molecule has 0 saturated carbocycles. The van der Waals surface area contributed by atoms with Crippen molar-refractivity contribution in [2.45, 2.75) is 51.2 Å². The quantitative estimate of drug-likeness (QED) is 0.834. The van der Waals surface area contributed by atoms with Crippen LogP contribution in [-0.4, -0.2) is 22.4 Å². The van der Waals surface area contributed by atoms with Gasteiger partial charge < -0.3 is 19.7 Å². The fourth-order valence-electron chi connectivity index (χ4n) is 3.74. The van der Waals surface area contributed by atoms with Crippen molar-refractivity contribution < 1.29 is 19.7 Å². The number of aryl methyl sites for hydroxylation is 1. The van der Waals surface area contributed by atoms with Gasteiger partial charge in [0.25, 0.3) is 0 Å². The number of benzene rings is 2. The number of hydrogen-bond donors (Lipinski definition) is 2. The second kappa shape index (κ2) is 5.62. The maximum atomic E-state index is 10.5. The third-order valence-electron chi connectivity index (χ3n) is 5.13. The molecule has 4 heteroatoms. The van der Waals surface area contributed by atoms with Crippen LogP contribution in [0.5, 0.6) is 23.0 Å². The minimum atomic E-state index is -0.0771. The Bertz CT molecular complexity index is 783. The lowest BCUT2D eigenvalue weighted by molar-refractivity contribution is 0.164. The summed E-state index contributed by atoms with van der Waals surface area (Å²) in [4.78, 5) is 0. The predicted molar refractivity (Wildman–Crippen MR) is 91.2 cm³/mol. The van der Waals surface area contributed by atoms with Gasteiger partial charge in [0, 0.05) is 23.6 Å². The third-order valence-corrected chi connectivity index (χ3v) is 5.13. The lowest BCUT2D eigenvalue weighted by atomic mass is 9.83. The normalized spacial score (nSPS) is 25.2. The third kappa shape index (κ3) is 2.56. The molecule has 2 heterocycles. The maximum absolute atomic E-state index is 10.5. The van der Waals surface area contributed by atoms with Crippen LogP contribution in [0.2, 0.25) is 0 Å². The van der Waals surface area contributed by atoms with Crippen LogP contribution in [0.25, 0.3) is 0 Å². The van der Waals surface area contributed by atoms with Crippen LogP contribution in [0.15, 0.2) is 30.3 Å². The molecule has 3 unspecified atom stereocenters. The van der Waals surface area contributed by atoms with Gasteiger partial charge >= 0.3 is 0 Å². The number of phenols is 2. The molecule has 4 rings (SSSR count). The van der Waals surface area contributed by atoms with E-state index in [1.54, 1.807) is 18.2 Å². The van der Waals surface area contributed by atoms with E-state index in [-0.39, 0.29) is 29.6 Å². The molecule has 3 atom stereocenters. The van der Waals surface area contributed by atoms with Crippen LogP contribution in [0, 0.1) is 0 Å². The first kappa shape index (κ1) is 15.2. The molecule has 0 radical (unpaired) electrons. The van der Waals surface area contributed by atoms with Gasteiger partial charge in [-0.05, 0) is 56.4 Å². The molecule has 2 aliphatic heterocycles. The summed E-state index contributed by atoms with van der Waals surface area (Å²) in [6.45, 7) is 4.06. The van der Waals surface area contributed by atoms with E-state index in [0.29, 0.717) is 0 Å². The number of aromatic hydroxyl groups is 2. The Morgan fingerprint density at radius 2 is 1.75 bits per heavy atom. The Morgan fingerprint density at radius 1 is 0.958 bits per heavy atom. The molecule has 0 aromatic heterocycles. The van der Waals surface area contributed by atoms with Crippen molar-refractivity contribution in [3.63, 3.8) is 0 Å². The molecule has 0 spiro atoms. The van der Waals surface area contributed by atoms with Gasteiger partial charge in [-0.3, -0.25) is 0 Å². The van der Waals surface area contributed by atoms with Gasteiger partial charge in [-0.1, -0.05) is 6.07 Å². The summed E-state index contributed by atoms with van der Waals surface area (Å²) in [6.07, 6.45) is 2.86. The van der Waals surface area contributed by atoms with Crippen molar-refractivity contribution in [1.82, 2.24) is 0 Å². The van der Waals surface area contributed by atoms with Gasteiger partial charge in [0.2, 0.25) is 0 Å². The van der Waals surface area contributed by atoms with Crippen LogP contribution in [-0.2, 0) is 12.8 Å². The van der Waals surface area contributed by atoms with Crippen molar-refractivity contribution in [2.24, 2.45) is 0 Å². The fourth-order valence-corrected chi connectivity index (χ4v) is 3.74. The summed E-state index contributed by atoms with van der Waals surface area (Å²) in [5, 5.41) is 20.2. The van der Waals surface area contributed by atoms with E-state index >= 15 is 0 Å². The molecule has 2 N–H and O–H groups in total. The predicted octanol–water partition coefficient (Wildman–Crippen LogP) is 3.92. The molecular weight excluding hydrogens is 304 g/mol. The summed E-state index contributed by atoms with van der Waals surface area (Å²) in [5.74, 6) is 2.08. The average Bonchev–Trinajstić information content (AvgIpc) is 2.53. The first-order valence-electron chi connectivity index (χ1n) is 8.52. The van der Waals surface area contributed by atoms with E-state index in [1.165, 1.54) is 0 Å². The number of rotatable bonds is 1. The Morgan fingerprint density at radius 3 is 2.58 bits per heavy atom. The van der Waals surface area contributed by atoms with E-state index < -0.39 is 0 Å². The minimum absolute atomic E-state index is 0.0756. The Balaban J connectivity index is 1.70. The molecular formula is C20H22O4. The maximum Gasteiger partial charge on any atom is 0.126 e. The Kier molecular flexibility index (Phi) is 3.56. The number of ether oxygens (including phenoxy) is 2. The van der Waals surface area contributed by atoms with Crippen LogP contribution < -0.4 is 9.47 Å². The van der Waals surface area contributed by atoms with Crippen LogP contribution in [0.1, 0.15) is 42.9 Å². The first-order chi connectivity index (χ1) is 11.5. The fraction of sp³-hybridized carbons (Fsp3) is 0.400. The van der Waals surface area contributed by atoms with Crippen molar-refractivity contribution in [1.29, 1.82) is 0 Å². The van der Waals surface area contributed by atoms with Crippen molar-refractivity contribution >= 4 is 0 Å². The highest BCUT2D eigenvalue weighted by molar-refractivity contribution is 5.51. The van der Waals surface area contributed by atoms with Gasteiger partial charge in [0.05, 0.1) is 6.10 Å². The molecule has 0 bridgehead atoms. The van der Waals surface area contributed by atoms with E-state index in [4.69, 9.17) is 9.47 Å². The summed E-state index contributed by atoms with van der Waals surface area (Å²) < 4.78 is 11.8. The molecule has 4 nitrogen and oxygen atoms in total. The van der Waals surface area contributed by atoms with E-state index in [9.17, 15) is 10.2 Å². The number of phenolic OH excluding ortho intramolecular Hbond substituents is 2. The molecule has 24 heavy (non-hydrogen) atoms. The van der Waals surface area contributed by atoms with Gasteiger partial charge in [-0.25, -0.2) is 0 Å². The first-order valence-corrected chi connectivity index (χ1v) is 8.52. The largest absolute Gasteiger partial charge is 0.508 e. The zero-order valence-corrected chi connectivity index (χ0v) is 14.0. The topological polar surface area (TPSA) is 58.9 Å². The van der Waals surface area contributed by atoms with E-state index in [0.717, 1.165) is 47.5 Å². The zero-order chi connectivity index (χ0) is 16.8. The zero-order valence-electron chi connectivity index (χ0n) is 14.0. The Labute approximate surface area is 141 Å². The average molecular weight is 326 g/mol. The van der Waals surface area contributed by atoms with Gasteiger partial charge in [0.15, 0.2) is 0 Å². The van der Waals surface area contributed by atoms with Gasteiger partial charge in [0.1, 0.15) is 29.1 Å². The van der Waals surface area contributed by atoms with E-state index in [2.05, 4.69) is 13.0 Å². The summed E-state index contributed by atoms with van der Waals surface area (Å²) >= 11 is 0. The van der Waals surface area contributed by atoms with Crippen molar-refractivity contribution in [3.05, 3.63) is 47.0 Å². The smallest absolute Gasteiger partial charge is 0.126 e. The highest BCUT2D eigenvalue weighted by atomic mass is 16.5. The summed E-state index contributed by atoms with van der Waals surface area (Å²) in [5.41, 5.74) is 3.13. The molecule has 0 aliphatic carbocycles. The van der Waals surface area contributed by atoms with Gasteiger partial charge in [-0.2, -0.15) is 0 Å². The lowest BCUT2D eigenvalue weighted by Gasteiger charge is -2.33. The molecule has 126 valence electrons. The van der Waals surface area contributed by atoms with Crippen molar-refractivity contribution in [2.75, 3.05) is 0 Å². The molecule has 2 aliphatic rings. The highest BCUT2D eigenvalue weighted by Crippen LogP contribution is 2.43. The SMILES string of the molecule is CC1CCc2cc(C3Cc4ccc(O)cc4OC3C)c(O)cc2O1.